The number of sulfonamides is 1. The third kappa shape index (κ3) is 4.14. The molecule has 0 aliphatic carbocycles. The molecule has 15 heavy (non-hydrogen) atoms. The topological polar surface area (TPSA) is 72.2 Å². The van der Waals surface area contributed by atoms with Gasteiger partial charge in [-0.1, -0.05) is 18.2 Å². The van der Waals surface area contributed by atoms with Crippen LogP contribution in [0.15, 0.2) is 36.9 Å². The summed E-state index contributed by atoms with van der Waals surface area (Å²) in [6.07, 6.45) is 1.50. The molecule has 0 aliphatic rings. The highest BCUT2D eigenvalue weighted by Gasteiger charge is 2.09. The van der Waals surface area contributed by atoms with E-state index in [0.717, 1.165) is 0 Å². The summed E-state index contributed by atoms with van der Waals surface area (Å²) >= 11 is 0. The Morgan fingerprint density at radius 1 is 1.33 bits per heavy atom. The Morgan fingerprint density at radius 2 is 1.93 bits per heavy atom. The van der Waals surface area contributed by atoms with E-state index in [4.69, 9.17) is 5.73 Å². The van der Waals surface area contributed by atoms with Crippen molar-refractivity contribution in [3.8, 4) is 0 Å². The maximum Gasteiger partial charge on any atom is 0.216 e. The lowest BCUT2D eigenvalue weighted by Gasteiger charge is -2.04. The number of benzene rings is 1. The van der Waals surface area contributed by atoms with E-state index in [9.17, 15) is 8.42 Å². The van der Waals surface area contributed by atoms with Gasteiger partial charge in [-0.3, -0.25) is 0 Å². The SMILES string of the molecule is C=CCNS(=O)(=O)Cc1ccc(N)cc1. The molecule has 0 unspecified atom stereocenters. The summed E-state index contributed by atoms with van der Waals surface area (Å²) in [4.78, 5) is 0. The van der Waals surface area contributed by atoms with Gasteiger partial charge in [-0.15, -0.1) is 6.58 Å². The van der Waals surface area contributed by atoms with Crippen molar-refractivity contribution >= 4 is 15.7 Å². The molecule has 0 radical (unpaired) electrons. The molecule has 0 aliphatic heterocycles. The van der Waals surface area contributed by atoms with Crippen molar-refractivity contribution in [3.63, 3.8) is 0 Å². The lowest BCUT2D eigenvalue weighted by Crippen LogP contribution is -2.25. The molecule has 4 nitrogen and oxygen atoms in total. The van der Waals surface area contributed by atoms with E-state index in [1.54, 1.807) is 24.3 Å². The summed E-state index contributed by atoms with van der Waals surface area (Å²) < 4.78 is 25.3. The first-order chi connectivity index (χ1) is 7.03. The first-order valence-electron chi connectivity index (χ1n) is 4.46. The van der Waals surface area contributed by atoms with Crippen LogP contribution in [0.3, 0.4) is 0 Å². The fourth-order valence-corrected chi connectivity index (χ4v) is 2.18. The number of hydrogen-bond donors (Lipinski definition) is 2. The number of hydrogen-bond acceptors (Lipinski definition) is 3. The molecule has 0 aromatic heterocycles. The number of rotatable bonds is 5. The maximum atomic E-state index is 11.5. The van der Waals surface area contributed by atoms with Gasteiger partial charge in [0.1, 0.15) is 0 Å². The molecule has 82 valence electrons. The second-order valence-corrected chi connectivity index (χ2v) is 4.94. The van der Waals surface area contributed by atoms with Gasteiger partial charge < -0.3 is 5.73 Å². The van der Waals surface area contributed by atoms with Gasteiger partial charge in [0.15, 0.2) is 0 Å². The molecular weight excluding hydrogens is 212 g/mol. The molecule has 3 N–H and O–H groups in total. The summed E-state index contributed by atoms with van der Waals surface area (Å²) in [5.41, 5.74) is 6.82. The number of nitrogen functional groups attached to an aromatic ring is 1. The molecule has 0 saturated carbocycles. The van der Waals surface area contributed by atoms with Crippen molar-refractivity contribution in [2.45, 2.75) is 5.75 Å². The van der Waals surface area contributed by atoms with Gasteiger partial charge in [-0.25, -0.2) is 13.1 Å². The largest absolute Gasteiger partial charge is 0.399 e. The van der Waals surface area contributed by atoms with Gasteiger partial charge in [-0.05, 0) is 17.7 Å². The average molecular weight is 226 g/mol. The summed E-state index contributed by atoms with van der Waals surface area (Å²) in [5.74, 6) is -0.0406. The minimum atomic E-state index is -3.27. The standard InChI is InChI=1S/C10H14N2O2S/c1-2-7-12-15(13,14)8-9-3-5-10(11)6-4-9/h2-6,12H,1,7-8,11H2. The number of anilines is 1. The van der Waals surface area contributed by atoms with Crippen molar-refractivity contribution in [1.29, 1.82) is 0 Å². The fraction of sp³-hybridized carbons (Fsp3) is 0.200. The van der Waals surface area contributed by atoms with E-state index in [-0.39, 0.29) is 12.3 Å². The Morgan fingerprint density at radius 3 is 2.47 bits per heavy atom. The van der Waals surface area contributed by atoms with Gasteiger partial charge in [0, 0.05) is 12.2 Å². The summed E-state index contributed by atoms with van der Waals surface area (Å²) in [5, 5.41) is 0. The van der Waals surface area contributed by atoms with E-state index < -0.39 is 10.0 Å². The first kappa shape index (κ1) is 11.7. The third-order valence-corrected chi connectivity index (χ3v) is 3.10. The molecule has 5 heteroatoms. The first-order valence-corrected chi connectivity index (χ1v) is 6.11. The fourth-order valence-electron chi connectivity index (χ4n) is 1.07. The van der Waals surface area contributed by atoms with Crippen molar-refractivity contribution in [3.05, 3.63) is 42.5 Å². The Bertz CT molecular complexity index is 423. The summed E-state index contributed by atoms with van der Waals surface area (Å²) in [6, 6.07) is 6.75. The molecule has 0 heterocycles. The van der Waals surface area contributed by atoms with Crippen LogP contribution in [0, 0.1) is 0 Å². The van der Waals surface area contributed by atoms with E-state index in [2.05, 4.69) is 11.3 Å². The van der Waals surface area contributed by atoms with E-state index in [1.165, 1.54) is 6.08 Å². The molecule has 1 aromatic carbocycles. The van der Waals surface area contributed by atoms with Crippen molar-refractivity contribution < 1.29 is 8.42 Å². The van der Waals surface area contributed by atoms with Crippen LogP contribution in [0.5, 0.6) is 0 Å². The number of nitrogens with two attached hydrogens (primary N) is 1. The van der Waals surface area contributed by atoms with Gasteiger partial charge in [0.2, 0.25) is 10.0 Å². The second-order valence-electron chi connectivity index (χ2n) is 3.14. The van der Waals surface area contributed by atoms with Crippen molar-refractivity contribution in [2.75, 3.05) is 12.3 Å². The Hall–Kier alpha value is -1.33. The molecule has 0 amide bonds. The van der Waals surface area contributed by atoms with Crippen LogP contribution in [0.2, 0.25) is 0 Å². The molecular formula is C10H14N2O2S. The highest BCUT2D eigenvalue weighted by atomic mass is 32.2. The van der Waals surface area contributed by atoms with Crippen LogP contribution in [0.1, 0.15) is 5.56 Å². The molecule has 1 rings (SSSR count). The summed E-state index contributed by atoms with van der Waals surface area (Å²) in [6.45, 7) is 3.69. The monoisotopic (exact) mass is 226 g/mol. The van der Waals surface area contributed by atoms with Gasteiger partial charge in [0.25, 0.3) is 0 Å². The van der Waals surface area contributed by atoms with E-state index >= 15 is 0 Å². The van der Waals surface area contributed by atoms with Crippen LogP contribution < -0.4 is 10.5 Å². The highest BCUT2D eigenvalue weighted by molar-refractivity contribution is 7.88. The number of nitrogens with one attached hydrogen (secondary N) is 1. The van der Waals surface area contributed by atoms with Crippen LogP contribution in [0.25, 0.3) is 0 Å². The molecule has 1 aromatic rings. The Labute approximate surface area is 89.9 Å². The maximum absolute atomic E-state index is 11.5. The molecule has 0 atom stereocenters. The highest BCUT2D eigenvalue weighted by Crippen LogP contribution is 2.08. The minimum Gasteiger partial charge on any atom is -0.399 e. The third-order valence-electron chi connectivity index (χ3n) is 1.78. The lowest BCUT2D eigenvalue weighted by atomic mass is 10.2. The van der Waals surface area contributed by atoms with E-state index in [0.29, 0.717) is 11.3 Å². The second kappa shape index (κ2) is 4.95. The van der Waals surface area contributed by atoms with Gasteiger partial charge in [0.05, 0.1) is 5.75 Å². The predicted octanol–water partition coefficient (Wildman–Crippen LogP) is 0.874. The van der Waals surface area contributed by atoms with Crippen molar-refractivity contribution in [2.24, 2.45) is 0 Å². The lowest BCUT2D eigenvalue weighted by molar-refractivity contribution is 0.585. The van der Waals surface area contributed by atoms with E-state index in [1.807, 2.05) is 0 Å². The predicted molar refractivity (Wildman–Crippen MR) is 61.7 cm³/mol. The van der Waals surface area contributed by atoms with Crippen molar-refractivity contribution in [1.82, 2.24) is 4.72 Å². The summed E-state index contributed by atoms with van der Waals surface area (Å²) in [7, 11) is -3.27. The van der Waals surface area contributed by atoms with Crippen LogP contribution in [-0.4, -0.2) is 15.0 Å². The van der Waals surface area contributed by atoms with Gasteiger partial charge >= 0.3 is 0 Å². The van der Waals surface area contributed by atoms with Crippen LogP contribution in [0.4, 0.5) is 5.69 Å². The average Bonchev–Trinajstić information content (AvgIpc) is 2.18. The zero-order valence-electron chi connectivity index (χ0n) is 8.31. The molecule has 0 bridgehead atoms. The molecule has 0 fully saturated rings. The van der Waals surface area contributed by atoms with Crippen LogP contribution >= 0.6 is 0 Å². The Balaban J connectivity index is 2.69. The van der Waals surface area contributed by atoms with Crippen LogP contribution in [-0.2, 0) is 15.8 Å². The Kier molecular flexibility index (Phi) is 3.88. The quantitative estimate of drug-likeness (QED) is 0.578. The normalized spacial score (nSPS) is 11.2. The smallest absolute Gasteiger partial charge is 0.216 e. The molecule has 0 saturated heterocycles. The van der Waals surface area contributed by atoms with Gasteiger partial charge in [-0.2, -0.15) is 0 Å². The minimum absolute atomic E-state index is 0.0406. The zero-order valence-corrected chi connectivity index (χ0v) is 9.13. The zero-order chi connectivity index (χ0) is 11.3. The molecule has 0 spiro atoms.